The lowest BCUT2D eigenvalue weighted by Gasteiger charge is -2.09. The lowest BCUT2D eigenvalue weighted by Crippen LogP contribution is -2.15. The normalized spacial score (nSPS) is 12.9. The summed E-state index contributed by atoms with van der Waals surface area (Å²) in [5.41, 5.74) is -0.266. The predicted molar refractivity (Wildman–Crippen MR) is 118 cm³/mol. The molecule has 2 heterocycles. The number of thioether (sulfide) groups is 1. The number of hydrogen-bond acceptors (Lipinski definition) is 10. The molecule has 0 bridgehead atoms. The summed E-state index contributed by atoms with van der Waals surface area (Å²) in [4.78, 5) is 36.6. The van der Waals surface area contributed by atoms with E-state index in [0.717, 1.165) is 19.1 Å². The highest BCUT2D eigenvalue weighted by Crippen LogP contribution is 2.32. The number of carbonyl (C=O) groups excluding carboxylic acids is 2. The van der Waals surface area contributed by atoms with Gasteiger partial charge in [-0.15, -0.1) is 10.2 Å². The maximum atomic E-state index is 12.5. The third-order valence-corrected chi connectivity index (χ3v) is 6.38. The molecule has 11 heteroatoms. The fourth-order valence-corrected chi connectivity index (χ4v) is 4.31. The number of amides is 1. The molecule has 2 aromatic heterocycles. The molecule has 1 N–H and O–H groups in total. The first-order valence-electron chi connectivity index (χ1n) is 9.86. The summed E-state index contributed by atoms with van der Waals surface area (Å²) < 4.78 is 16.7. The van der Waals surface area contributed by atoms with Crippen LogP contribution < -0.4 is 20.2 Å². The number of aromatic nitrogens is 2. The minimum absolute atomic E-state index is 0.0299. The monoisotopic (exact) mass is 473 g/mol. The van der Waals surface area contributed by atoms with Gasteiger partial charge in [-0.25, -0.2) is 4.79 Å². The molecule has 3 aromatic rings. The van der Waals surface area contributed by atoms with E-state index in [-0.39, 0.29) is 23.1 Å². The van der Waals surface area contributed by atoms with Crippen LogP contribution >= 0.6 is 23.1 Å². The van der Waals surface area contributed by atoms with Crippen molar-refractivity contribution in [2.75, 3.05) is 11.9 Å². The Morgan fingerprint density at radius 1 is 1.25 bits per heavy atom. The number of hydrogen-bond donors (Lipinski definition) is 1. The number of anilines is 1. The van der Waals surface area contributed by atoms with Crippen LogP contribution in [0.3, 0.4) is 0 Å². The molecule has 1 aliphatic rings. The highest BCUT2D eigenvalue weighted by molar-refractivity contribution is 8.00. The molecule has 0 unspecified atom stereocenters. The number of benzene rings is 1. The third kappa shape index (κ3) is 5.54. The largest absolute Gasteiger partial charge is 0.493 e. The quantitative estimate of drug-likeness (QED) is 0.281. The Kier molecular flexibility index (Phi) is 6.86. The number of esters is 1. The van der Waals surface area contributed by atoms with Gasteiger partial charge in [0.2, 0.25) is 22.2 Å². The molecule has 4 rings (SSSR count). The smallest absolute Gasteiger partial charge is 0.347 e. The van der Waals surface area contributed by atoms with Gasteiger partial charge in [0.25, 0.3) is 0 Å². The number of nitrogens with one attached hydrogen (secondary N) is 1. The molecule has 0 aliphatic heterocycles. The van der Waals surface area contributed by atoms with Gasteiger partial charge in [-0.3, -0.25) is 9.59 Å². The Hall–Kier alpha value is -3.18. The van der Waals surface area contributed by atoms with E-state index < -0.39 is 11.4 Å². The van der Waals surface area contributed by atoms with Crippen LogP contribution in [0.2, 0.25) is 0 Å². The molecule has 166 valence electrons. The van der Waals surface area contributed by atoms with Crippen LogP contribution in [-0.2, 0) is 10.5 Å². The highest BCUT2D eigenvalue weighted by atomic mass is 32.2. The van der Waals surface area contributed by atoms with Gasteiger partial charge < -0.3 is 19.2 Å². The van der Waals surface area contributed by atoms with Crippen molar-refractivity contribution in [3.05, 3.63) is 58.1 Å². The summed E-state index contributed by atoms with van der Waals surface area (Å²) >= 11 is 2.57. The van der Waals surface area contributed by atoms with Gasteiger partial charge in [0.05, 0.1) is 12.4 Å². The lowest BCUT2D eigenvalue weighted by atomic mass is 10.2. The Morgan fingerprint density at radius 2 is 2.06 bits per heavy atom. The van der Waals surface area contributed by atoms with Crippen molar-refractivity contribution in [3.63, 3.8) is 0 Å². The molecule has 0 atom stereocenters. The zero-order chi connectivity index (χ0) is 22.5. The van der Waals surface area contributed by atoms with Gasteiger partial charge in [0.1, 0.15) is 23.3 Å². The average molecular weight is 474 g/mol. The summed E-state index contributed by atoms with van der Waals surface area (Å²) in [5, 5.41) is 11.2. The summed E-state index contributed by atoms with van der Waals surface area (Å²) in [6.07, 6.45) is 2.94. The minimum atomic E-state index is -0.710. The van der Waals surface area contributed by atoms with Crippen LogP contribution in [0.15, 0.2) is 50.1 Å². The van der Waals surface area contributed by atoms with Crippen LogP contribution in [-0.4, -0.2) is 28.7 Å². The van der Waals surface area contributed by atoms with Gasteiger partial charge in [0, 0.05) is 12.0 Å². The van der Waals surface area contributed by atoms with E-state index >= 15 is 0 Å². The summed E-state index contributed by atoms with van der Waals surface area (Å²) in [6, 6.07) is 7.89. The van der Waals surface area contributed by atoms with E-state index in [9.17, 15) is 14.4 Å². The second-order valence-electron chi connectivity index (χ2n) is 6.82. The van der Waals surface area contributed by atoms with Crippen LogP contribution in [0.5, 0.6) is 11.5 Å². The highest BCUT2D eigenvalue weighted by Gasteiger charge is 2.30. The van der Waals surface area contributed by atoms with Crippen LogP contribution in [0.1, 0.15) is 35.9 Å². The predicted octanol–water partition coefficient (Wildman–Crippen LogP) is 3.75. The molecule has 9 nitrogen and oxygen atoms in total. The van der Waals surface area contributed by atoms with Crippen molar-refractivity contribution in [3.8, 4) is 11.5 Å². The van der Waals surface area contributed by atoms with E-state index in [2.05, 4.69) is 15.5 Å². The van der Waals surface area contributed by atoms with Crippen molar-refractivity contribution in [2.45, 2.75) is 29.9 Å². The van der Waals surface area contributed by atoms with E-state index in [1.165, 1.54) is 29.2 Å². The molecular formula is C21H19N3O6S2. The molecule has 1 aromatic carbocycles. The summed E-state index contributed by atoms with van der Waals surface area (Å²) in [5.74, 6) is 0.217. The van der Waals surface area contributed by atoms with E-state index in [4.69, 9.17) is 13.9 Å². The van der Waals surface area contributed by atoms with Crippen molar-refractivity contribution >= 4 is 40.1 Å². The molecule has 0 radical (unpaired) electrons. The van der Waals surface area contributed by atoms with Crippen molar-refractivity contribution in [2.24, 2.45) is 5.92 Å². The minimum Gasteiger partial charge on any atom is -0.493 e. The van der Waals surface area contributed by atoms with Crippen molar-refractivity contribution < 1.29 is 23.5 Å². The standard InChI is InChI=1S/C21H19N3O6S2/c1-2-28-16-6-4-3-5-14(16)19(27)30-17-10-29-13(9-15(17)25)11-31-21-24-23-20(32-21)22-18(26)12-7-8-12/h3-6,9-10,12H,2,7-8,11H2,1H3,(H,22,23,26). The molecule has 0 saturated heterocycles. The van der Waals surface area contributed by atoms with Crippen molar-refractivity contribution in [1.29, 1.82) is 0 Å². The van der Waals surface area contributed by atoms with Crippen LogP contribution in [0, 0.1) is 5.92 Å². The first-order chi connectivity index (χ1) is 15.5. The first-order valence-corrected chi connectivity index (χ1v) is 11.7. The number of para-hydroxylation sites is 1. The number of ether oxygens (including phenoxy) is 2. The molecule has 0 spiro atoms. The summed E-state index contributed by atoms with van der Waals surface area (Å²) in [6.45, 7) is 2.20. The summed E-state index contributed by atoms with van der Waals surface area (Å²) in [7, 11) is 0. The van der Waals surface area contributed by atoms with Gasteiger partial charge in [-0.1, -0.05) is 35.2 Å². The van der Waals surface area contributed by atoms with Gasteiger partial charge in [-0.05, 0) is 31.9 Å². The third-order valence-electron chi connectivity index (χ3n) is 4.38. The first kappa shape index (κ1) is 22.0. The van der Waals surface area contributed by atoms with Gasteiger partial charge in [0.15, 0.2) is 4.34 Å². The number of rotatable bonds is 9. The zero-order valence-corrected chi connectivity index (χ0v) is 18.7. The average Bonchev–Trinajstić information content (AvgIpc) is 3.55. The lowest BCUT2D eigenvalue weighted by molar-refractivity contribution is -0.117. The molecule has 1 fully saturated rings. The maximum absolute atomic E-state index is 12.5. The van der Waals surface area contributed by atoms with Gasteiger partial charge in [-0.2, -0.15) is 0 Å². The Labute approximate surface area is 191 Å². The zero-order valence-electron chi connectivity index (χ0n) is 17.0. The number of nitrogens with zero attached hydrogens (tertiary/aromatic N) is 2. The van der Waals surface area contributed by atoms with E-state index in [1.54, 1.807) is 31.2 Å². The Bertz CT molecular complexity index is 1190. The molecule has 1 amide bonds. The SMILES string of the molecule is CCOc1ccccc1C(=O)Oc1coc(CSc2nnc(NC(=O)C3CC3)s2)cc1=O. The van der Waals surface area contributed by atoms with Crippen LogP contribution in [0.4, 0.5) is 5.13 Å². The van der Waals surface area contributed by atoms with Gasteiger partial charge >= 0.3 is 5.97 Å². The maximum Gasteiger partial charge on any atom is 0.347 e. The molecule has 1 aliphatic carbocycles. The van der Waals surface area contributed by atoms with E-state index in [0.29, 0.717) is 33.3 Å². The second kappa shape index (κ2) is 9.96. The van der Waals surface area contributed by atoms with E-state index in [1.807, 2.05) is 0 Å². The Balaban J connectivity index is 1.35. The topological polar surface area (TPSA) is 121 Å². The van der Waals surface area contributed by atoms with Crippen molar-refractivity contribution in [1.82, 2.24) is 10.2 Å². The molecular weight excluding hydrogens is 454 g/mol. The second-order valence-corrected chi connectivity index (χ2v) is 9.02. The number of carbonyl (C=O) groups is 2. The Morgan fingerprint density at radius 3 is 2.81 bits per heavy atom. The molecule has 32 heavy (non-hydrogen) atoms. The molecule has 1 saturated carbocycles. The fourth-order valence-electron chi connectivity index (χ4n) is 2.66. The van der Waals surface area contributed by atoms with Crippen LogP contribution in [0.25, 0.3) is 0 Å². The fraction of sp³-hybridized carbons (Fsp3) is 0.286.